The van der Waals surface area contributed by atoms with E-state index in [1.807, 2.05) is 31.3 Å². The molecule has 0 fully saturated rings. The van der Waals surface area contributed by atoms with E-state index in [2.05, 4.69) is 15.5 Å². The second-order valence-electron chi connectivity index (χ2n) is 3.66. The summed E-state index contributed by atoms with van der Waals surface area (Å²) in [5, 5.41) is 6.84. The van der Waals surface area contributed by atoms with E-state index in [4.69, 9.17) is 9.26 Å². The Kier molecular flexibility index (Phi) is 3.72. The van der Waals surface area contributed by atoms with Crippen LogP contribution in [0.2, 0.25) is 0 Å². The quantitative estimate of drug-likeness (QED) is 0.845. The van der Waals surface area contributed by atoms with Crippen LogP contribution in [0.4, 0.5) is 0 Å². The molecule has 2 rings (SSSR count). The highest BCUT2D eigenvalue weighted by Gasteiger charge is 2.06. The molecular formula is C12H15N3O2. The number of hydrogen-bond donors (Lipinski definition) is 1. The smallest absolute Gasteiger partial charge is 0.231 e. The van der Waals surface area contributed by atoms with Gasteiger partial charge in [0.05, 0.1) is 20.1 Å². The van der Waals surface area contributed by atoms with Gasteiger partial charge in [0, 0.05) is 0 Å². The molecular weight excluding hydrogens is 218 g/mol. The lowest BCUT2D eigenvalue weighted by molar-refractivity contribution is 0.378. The monoisotopic (exact) mass is 233 g/mol. The van der Waals surface area contributed by atoms with Gasteiger partial charge in [-0.3, -0.25) is 0 Å². The molecule has 0 aliphatic carbocycles. The molecule has 17 heavy (non-hydrogen) atoms. The van der Waals surface area contributed by atoms with Gasteiger partial charge in [-0.25, -0.2) is 0 Å². The molecule has 1 aromatic heterocycles. The Bertz CT molecular complexity index is 465. The minimum absolute atomic E-state index is 0.617. The number of aromatic nitrogens is 2. The van der Waals surface area contributed by atoms with Crippen molar-refractivity contribution in [3.63, 3.8) is 0 Å². The van der Waals surface area contributed by atoms with Crippen molar-refractivity contribution in [1.29, 1.82) is 0 Å². The van der Waals surface area contributed by atoms with E-state index in [0.717, 1.165) is 11.3 Å². The van der Waals surface area contributed by atoms with Crippen LogP contribution in [0.3, 0.4) is 0 Å². The Hall–Kier alpha value is -1.88. The normalized spacial score (nSPS) is 10.5. The average molecular weight is 233 g/mol. The van der Waals surface area contributed by atoms with E-state index in [1.54, 1.807) is 7.11 Å². The fraction of sp³-hybridized carbons (Fsp3) is 0.333. The van der Waals surface area contributed by atoms with Gasteiger partial charge in [-0.05, 0) is 24.7 Å². The predicted octanol–water partition coefficient (Wildman–Crippen LogP) is 1.39. The van der Waals surface area contributed by atoms with Gasteiger partial charge in [0.25, 0.3) is 0 Å². The Morgan fingerprint density at radius 1 is 1.29 bits per heavy atom. The lowest BCUT2D eigenvalue weighted by atomic mass is 10.1. The predicted molar refractivity (Wildman–Crippen MR) is 62.9 cm³/mol. The zero-order chi connectivity index (χ0) is 12.1. The number of ether oxygens (including phenoxy) is 1. The Morgan fingerprint density at radius 2 is 2.06 bits per heavy atom. The first-order chi connectivity index (χ1) is 8.31. The first-order valence-corrected chi connectivity index (χ1v) is 5.41. The van der Waals surface area contributed by atoms with Crippen molar-refractivity contribution in [3.05, 3.63) is 41.5 Å². The third kappa shape index (κ3) is 3.04. The first-order valence-electron chi connectivity index (χ1n) is 5.41. The fourth-order valence-corrected chi connectivity index (χ4v) is 1.51. The minimum atomic E-state index is 0.617. The maximum atomic E-state index is 5.15. The molecule has 90 valence electrons. The Morgan fingerprint density at radius 3 is 2.71 bits per heavy atom. The summed E-state index contributed by atoms with van der Waals surface area (Å²) in [7, 11) is 3.50. The van der Waals surface area contributed by atoms with Crippen LogP contribution in [-0.2, 0) is 13.0 Å². The fourth-order valence-electron chi connectivity index (χ4n) is 1.51. The van der Waals surface area contributed by atoms with Crippen LogP contribution in [0, 0.1) is 0 Å². The van der Waals surface area contributed by atoms with Gasteiger partial charge in [-0.2, -0.15) is 4.98 Å². The molecule has 2 aromatic rings. The van der Waals surface area contributed by atoms with E-state index in [0.29, 0.717) is 24.7 Å². The van der Waals surface area contributed by atoms with Crippen molar-refractivity contribution in [2.45, 2.75) is 13.0 Å². The molecule has 0 aliphatic rings. The molecule has 1 aromatic carbocycles. The summed E-state index contributed by atoms with van der Waals surface area (Å²) in [6, 6.07) is 7.81. The number of benzene rings is 1. The first kappa shape index (κ1) is 11.6. The SMILES string of the molecule is CNCc1noc(Cc2ccc(OC)cc2)n1. The third-order valence-electron chi connectivity index (χ3n) is 2.36. The summed E-state index contributed by atoms with van der Waals surface area (Å²) in [5.74, 6) is 2.14. The van der Waals surface area contributed by atoms with Crippen LogP contribution in [0.5, 0.6) is 5.75 Å². The van der Waals surface area contributed by atoms with E-state index in [1.165, 1.54) is 0 Å². The molecule has 0 atom stereocenters. The van der Waals surface area contributed by atoms with Crippen LogP contribution in [-0.4, -0.2) is 24.3 Å². The second kappa shape index (κ2) is 5.45. The van der Waals surface area contributed by atoms with Gasteiger partial charge in [-0.1, -0.05) is 17.3 Å². The lowest BCUT2D eigenvalue weighted by Gasteiger charge is -2.00. The van der Waals surface area contributed by atoms with Crippen molar-refractivity contribution in [3.8, 4) is 5.75 Å². The highest BCUT2D eigenvalue weighted by Crippen LogP contribution is 2.13. The molecule has 0 radical (unpaired) electrons. The van der Waals surface area contributed by atoms with Crippen LogP contribution in [0.15, 0.2) is 28.8 Å². The molecule has 0 saturated carbocycles. The van der Waals surface area contributed by atoms with Crippen molar-refractivity contribution >= 4 is 0 Å². The maximum Gasteiger partial charge on any atom is 0.231 e. The molecule has 1 heterocycles. The number of nitrogens with one attached hydrogen (secondary N) is 1. The average Bonchev–Trinajstić information content (AvgIpc) is 2.78. The van der Waals surface area contributed by atoms with Crippen molar-refractivity contribution in [1.82, 2.24) is 15.5 Å². The molecule has 0 amide bonds. The van der Waals surface area contributed by atoms with E-state index >= 15 is 0 Å². The number of methoxy groups -OCH3 is 1. The van der Waals surface area contributed by atoms with E-state index < -0.39 is 0 Å². The molecule has 0 unspecified atom stereocenters. The van der Waals surface area contributed by atoms with Crippen molar-refractivity contribution < 1.29 is 9.26 Å². The van der Waals surface area contributed by atoms with Crippen LogP contribution < -0.4 is 10.1 Å². The van der Waals surface area contributed by atoms with E-state index in [9.17, 15) is 0 Å². The molecule has 5 nitrogen and oxygen atoms in total. The standard InChI is InChI=1S/C12H15N3O2/c1-13-8-11-14-12(17-15-11)7-9-3-5-10(16-2)6-4-9/h3-6,13H,7-8H2,1-2H3. The van der Waals surface area contributed by atoms with Crippen LogP contribution >= 0.6 is 0 Å². The lowest BCUT2D eigenvalue weighted by Crippen LogP contribution is -2.06. The van der Waals surface area contributed by atoms with Crippen molar-refractivity contribution in [2.75, 3.05) is 14.2 Å². The number of rotatable bonds is 5. The highest BCUT2D eigenvalue weighted by atomic mass is 16.5. The number of nitrogens with zero attached hydrogens (tertiary/aromatic N) is 2. The van der Waals surface area contributed by atoms with Crippen LogP contribution in [0.25, 0.3) is 0 Å². The van der Waals surface area contributed by atoms with Gasteiger partial charge >= 0.3 is 0 Å². The zero-order valence-corrected chi connectivity index (χ0v) is 9.93. The van der Waals surface area contributed by atoms with Crippen molar-refractivity contribution in [2.24, 2.45) is 0 Å². The summed E-state index contributed by atoms with van der Waals surface area (Å²) in [4.78, 5) is 4.27. The third-order valence-corrected chi connectivity index (χ3v) is 2.36. The second-order valence-corrected chi connectivity index (χ2v) is 3.66. The largest absolute Gasteiger partial charge is 0.497 e. The minimum Gasteiger partial charge on any atom is -0.497 e. The van der Waals surface area contributed by atoms with Gasteiger partial charge in [0.15, 0.2) is 5.82 Å². The summed E-state index contributed by atoms with van der Waals surface area (Å²) in [6.07, 6.45) is 0.640. The topological polar surface area (TPSA) is 60.2 Å². The molecule has 1 N–H and O–H groups in total. The van der Waals surface area contributed by atoms with Gasteiger partial charge < -0.3 is 14.6 Å². The summed E-state index contributed by atoms with van der Waals surface area (Å²) in [6.45, 7) is 0.617. The van der Waals surface area contributed by atoms with Gasteiger partial charge in [0.1, 0.15) is 5.75 Å². The van der Waals surface area contributed by atoms with Gasteiger partial charge in [0.2, 0.25) is 5.89 Å². The molecule has 5 heteroatoms. The molecule has 0 bridgehead atoms. The Labute approximate surface area is 99.8 Å². The maximum absolute atomic E-state index is 5.15. The summed E-state index contributed by atoms with van der Waals surface area (Å²) in [5.41, 5.74) is 1.12. The summed E-state index contributed by atoms with van der Waals surface area (Å²) < 4.78 is 10.2. The summed E-state index contributed by atoms with van der Waals surface area (Å²) >= 11 is 0. The molecule has 0 saturated heterocycles. The zero-order valence-electron chi connectivity index (χ0n) is 9.93. The molecule has 0 aliphatic heterocycles. The van der Waals surface area contributed by atoms with E-state index in [-0.39, 0.29) is 0 Å². The molecule has 0 spiro atoms. The highest BCUT2D eigenvalue weighted by molar-refractivity contribution is 5.28. The number of hydrogen-bond acceptors (Lipinski definition) is 5. The van der Waals surface area contributed by atoms with Gasteiger partial charge in [-0.15, -0.1) is 0 Å². The Balaban J connectivity index is 2.03. The van der Waals surface area contributed by atoms with Crippen LogP contribution in [0.1, 0.15) is 17.3 Å².